The Labute approximate surface area is 101 Å². The van der Waals surface area contributed by atoms with Crippen molar-refractivity contribution in [2.75, 3.05) is 0 Å². The number of halogens is 3. The van der Waals surface area contributed by atoms with Crippen LogP contribution in [-0.2, 0) is 6.30 Å². The first kappa shape index (κ1) is 11.5. The minimum atomic E-state index is -4.98. The first-order valence-electron chi connectivity index (χ1n) is 5.09. The van der Waals surface area contributed by atoms with E-state index < -0.39 is 27.9 Å². The van der Waals surface area contributed by atoms with Crippen molar-refractivity contribution >= 4 is 16.7 Å². The predicted molar refractivity (Wildman–Crippen MR) is 58.9 cm³/mol. The van der Waals surface area contributed by atoms with E-state index in [-0.39, 0.29) is 11.0 Å². The van der Waals surface area contributed by atoms with Gasteiger partial charge in [0.1, 0.15) is 0 Å². The molecule has 0 aliphatic carbocycles. The minimum Gasteiger partial charge on any atom is -0.317 e. The van der Waals surface area contributed by atoms with Gasteiger partial charge in [0.15, 0.2) is 0 Å². The highest BCUT2D eigenvalue weighted by Crippen LogP contribution is 2.19. The molecule has 0 saturated heterocycles. The summed E-state index contributed by atoms with van der Waals surface area (Å²) in [7, 11) is 0. The van der Waals surface area contributed by atoms with Crippen LogP contribution in [0.15, 0.2) is 33.9 Å². The second-order valence-electron chi connectivity index (χ2n) is 3.79. The van der Waals surface area contributed by atoms with Crippen LogP contribution in [0.1, 0.15) is 0 Å². The van der Waals surface area contributed by atoms with Crippen LogP contribution in [0.3, 0.4) is 0 Å². The first-order valence-corrected chi connectivity index (χ1v) is 5.09. The number of nitrogens with one attached hydrogen (secondary N) is 1. The molecule has 3 rings (SSSR count). The summed E-state index contributed by atoms with van der Waals surface area (Å²) in [5.74, 6) is 0. The number of fused-ring (bicyclic) bond motifs is 3. The average Bonchev–Trinajstić information content (AvgIpc) is 2.68. The summed E-state index contributed by atoms with van der Waals surface area (Å²) in [5.41, 5.74) is -2.48. The molecule has 0 saturated carbocycles. The number of H-pyrrole nitrogens is 1. The van der Waals surface area contributed by atoms with Crippen LogP contribution < -0.4 is 11.2 Å². The predicted octanol–water partition coefficient (Wildman–Crippen LogP) is 0.814. The Balaban J connectivity index is 2.62. The zero-order valence-corrected chi connectivity index (χ0v) is 9.10. The van der Waals surface area contributed by atoms with Crippen LogP contribution in [0.2, 0.25) is 0 Å². The van der Waals surface area contributed by atoms with Gasteiger partial charge in [0, 0.05) is 0 Å². The van der Waals surface area contributed by atoms with E-state index in [0.717, 1.165) is 0 Å². The SMILES string of the molecule is O=c1[nH]c2ccccc2n2c(=O)n(C(F)(F)F)nc12. The number of aromatic amines is 1. The van der Waals surface area contributed by atoms with Crippen LogP contribution >= 0.6 is 0 Å². The average molecular weight is 270 g/mol. The van der Waals surface area contributed by atoms with Crippen molar-refractivity contribution in [2.45, 2.75) is 6.30 Å². The van der Waals surface area contributed by atoms with E-state index in [0.29, 0.717) is 4.40 Å². The van der Waals surface area contributed by atoms with Crippen molar-refractivity contribution in [3.8, 4) is 0 Å². The zero-order chi connectivity index (χ0) is 13.8. The number of hydrogen-bond donors (Lipinski definition) is 1. The summed E-state index contributed by atoms with van der Waals surface area (Å²) in [6.07, 6.45) is -4.98. The maximum atomic E-state index is 12.6. The van der Waals surface area contributed by atoms with E-state index in [9.17, 15) is 22.8 Å². The molecule has 0 spiro atoms. The summed E-state index contributed by atoms with van der Waals surface area (Å²) in [6, 6.07) is 6.02. The lowest BCUT2D eigenvalue weighted by Gasteiger charge is -2.01. The zero-order valence-electron chi connectivity index (χ0n) is 9.10. The van der Waals surface area contributed by atoms with E-state index in [1.54, 1.807) is 6.07 Å². The second kappa shape index (κ2) is 3.46. The molecule has 0 fully saturated rings. The Kier molecular flexibility index (Phi) is 2.10. The molecule has 0 aliphatic heterocycles. The molecular formula is C10H5F3N4O2. The van der Waals surface area contributed by atoms with Gasteiger partial charge < -0.3 is 4.98 Å². The Morgan fingerprint density at radius 2 is 1.84 bits per heavy atom. The normalized spacial score (nSPS) is 12.4. The number of hydrogen-bond acceptors (Lipinski definition) is 3. The molecule has 0 unspecified atom stereocenters. The van der Waals surface area contributed by atoms with Crippen LogP contribution in [-0.4, -0.2) is 19.2 Å². The Morgan fingerprint density at radius 3 is 2.53 bits per heavy atom. The van der Waals surface area contributed by atoms with Gasteiger partial charge >= 0.3 is 12.0 Å². The third-order valence-corrected chi connectivity index (χ3v) is 2.62. The van der Waals surface area contributed by atoms with Crippen molar-refractivity contribution in [2.24, 2.45) is 0 Å². The van der Waals surface area contributed by atoms with Crippen molar-refractivity contribution in [1.82, 2.24) is 19.2 Å². The van der Waals surface area contributed by atoms with Gasteiger partial charge in [0.25, 0.3) is 5.56 Å². The van der Waals surface area contributed by atoms with Gasteiger partial charge in [-0.25, -0.2) is 9.20 Å². The number of alkyl halides is 3. The molecule has 19 heavy (non-hydrogen) atoms. The molecule has 2 heterocycles. The van der Waals surface area contributed by atoms with Crippen LogP contribution in [0, 0.1) is 0 Å². The summed E-state index contributed by atoms with van der Waals surface area (Å²) in [5, 5.41) is 3.03. The summed E-state index contributed by atoms with van der Waals surface area (Å²) < 4.78 is 37.8. The molecule has 0 atom stereocenters. The fourth-order valence-corrected chi connectivity index (χ4v) is 1.85. The molecule has 1 aromatic carbocycles. The minimum absolute atomic E-state index is 0.151. The van der Waals surface area contributed by atoms with Crippen LogP contribution in [0.5, 0.6) is 0 Å². The second-order valence-corrected chi connectivity index (χ2v) is 3.79. The van der Waals surface area contributed by atoms with Gasteiger partial charge in [0.2, 0.25) is 5.65 Å². The number of benzene rings is 1. The van der Waals surface area contributed by atoms with Gasteiger partial charge in [-0.1, -0.05) is 12.1 Å². The van der Waals surface area contributed by atoms with Crippen molar-refractivity contribution in [1.29, 1.82) is 0 Å². The van der Waals surface area contributed by atoms with Crippen LogP contribution in [0.25, 0.3) is 16.7 Å². The molecule has 2 aromatic heterocycles. The third-order valence-electron chi connectivity index (χ3n) is 2.62. The molecule has 0 amide bonds. The fourth-order valence-electron chi connectivity index (χ4n) is 1.85. The van der Waals surface area contributed by atoms with Gasteiger partial charge in [-0.2, -0.15) is 0 Å². The largest absolute Gasteiger partial charge is 0.509 e. The van der Waals surface area contributed by atoms with Gasteiger partial charge in [-0.3, -0.25) is 4.79 Å². The molecular weight excluding hydrogens is 265 g/mol. The first-order chi connectivity index (χ1) is 8.89. The molecule has 1 N–H and O–H groups in total. The molecule has 0 bridgehead atoms. The Bertz CT molecular complexity index is 903. The Hall–Kier alpha value is -2.58. The smallest absolute Gasteiger partial charge is 0.317 e. The van der Waals surface area contributed by atoms with Crippen molar-refractivity contribution in [3.05, 3.63) is 45.1 Å². The van der Waals surface area contributed by atoms with Gasteiger partial charge in [0.05, 0.1) is 11.0 Å². The summed E-state index contributed by atoms with van der Waals surface area (Å²) in [4.78, 5) is 25.7. The van der Waals surface area contributed by atoms with E-state index >= 15 is 0 Å². The summed E-state index contributed by atoms with van der Waals surface area (Å²) >= 11 is 0. The topological polar surface area (TPSA) is 72.2 Å². The van der Waals surface area contributed by atoms with Gasteiger partial charge in [-0.15, -0.1) is 23.0 Å². The lowest BCUT2D eigenvalue weighted by molar-refractivity contribution is -0.214. The quantitative estimate of drug-likeness (QED) is 0.657. The maximum Gasteiger partial charge on any atom is 0.509 e. The molecule has 3 aromatic rings. The Morgan fingerprint density at radius 1 is 1.16 bits per heavy atom. The highest BCUT2D eigenvalue weighted by atomic mass is 19.4. The maximum absolute atomic E-state index is 12.6. The van der Waals surface area contributed by atoms with Crippen molar-refractivity contribution in [3.63, 3.8) is 0 Å². The molecule has 9 heteroatoms. The standard InChI is InChI=1S/C10H5F3N4O2/c11-10(12,13)17-9(19)16-6-4-2-1-3-5(6)14-8(18)7(16)15-17/h1-4H,(H,14,18). The number of aromatic nitrogens is 4. The van der Waals surface area contributed by atoms with Gasteiger partial charge in [-0.05, 0) is 12.1 Å². The molecule has 0 radical (unpaired) electrons. The summed E-state index contributed by atoms with van der Waals surface area (Å²) in [6.45, 7) is 0. The number of rotatable bonds is 0. The third kappa shape index (κ3) is 1.54. The van der Waals surface area contributed by atoms with Crippen LogP contribution in [0.4, 0.5) is 13.2 Å². The lowest BCUT2D eigenvalue weighted by Crippen LogP contribution is -2.31. The van der Waals surface area contributed by atoms with E-state index in [2.05, 4.69) is 10.1 Å². The van der Waals surface area contributed by atoms with Crippen molar-refractivity contribution < 1.29 is 13.2 Å². The molecule has 0 aliphatic rings. The monoisotopic (exact) mass is 270 g/mol. The molecule has 98 valence electrons. The fraction of sp³-hybridized carbons (Fsp3) is 0.100. The van der Waals surface area contributed by atoms with E-state index in [1.807, 2.05) is 0 Å². The molecule has 6 nitrogen and oxygen atoms in total. The number of nitrogens with zero attached hydrogens (tertiary/aromatic N) is 3. The number of para-hydroxylation sites is 2. The van der Waals surface area contributed by atoms with E-state index in [1.165, 1.54) is 18.2 Å². The highest BCUT2D eigenvalue weighted by Gasteiger charge is 2.36. The highest BCUT2D eigenvalue weighted by molar-refractivity contribution is 5.76. The lowest BCUT2D eigenvalue weighted by atomic mass is 10.3. The van der Waals surface area contributed by atoms with E-state index in [4.69, 9.17) is 0 Å².